The van der Waals surface area contributed by atoms with E-state index in [1.54, 1.807) is 0 Å². The third-order valence-electron chi connectivity index (χ3n) is 1.17. The average molecular weight is 116 g/mol. The van der Waals surface area contributed by atoms with Crippen molar-refractivity contribution in [3.8, 4) is 0 Å². The normalized spacial score (nSPS) is 39.8. The number of ether oxygens (including phenoxy) is 2. The lowest BCUT2D eigenvalue weighted by atomic mass is 10.3. The van der Waals surface area contributed by atoms with Crippen LogP contribution in [0, 0.1) is 0 Å². The summed E-state index contributed by atoms with van der Waals surface area (Å²) in [5, 5.41) is 0. The lowest BCUT2D eigenvalue weighted by Crippen LogP contribution is -2.32. The maximum Gasteiger partial charge on any atom is 0.0785 e. The van der Waals surface area contributed by atoms with Crippen LogP contribution in [0.2, 0.25) is 0 Å². The van der Waals surface area contributed by atoms with Crippen LogP contribution >= 0.6 is 0 Å². The Kier molecular flexibility index (Phi) is 1.86. The summed E-state index contributed by atoms with van der Waals surface area (Å²) in [7, 11) is 0. The zero-order chi connectivity index (χ0) is 5.98. The number of rotatable bonds is 0. The molecule has 1 heterocycles. The zero-order valence-corrected chi connectivity index (χ0v) is 5.39. The first-order valence-corrected chi connectivity index (χ1v) is 3.02. The highest BCUT2D eigenvalue weighted by Crippen LogP contribution is 2.05. The maximum atomic E-state index is 5.36. The Balaban J connectivity index is 2.23. The van der Waals surface area contributed by atoms with Gasteiger partial charge in [0, 0.05) is 0 Å². The molecule has 0 aromatic heterocycles. The van der Waals surface area contributed by atoms with Crippen LogP contribution in [0.5, 0.6) is 0 Å². The van der Waals surface area contributed by atoms with E-state index in [1.807, 2.05) is 13.8 Å². The van der Waals surface area contributed by atoms with Crippen molar-refractivity contribution < 1.29 is 9.47 Å². The molecule has 0 aliphatic carbocycles. The molecule has 0 spiro atoms. The molecule has 0 radical (unpaired) electrons. The molecule has 0 unspecified atom stereocenters. The first kappa shape index (κ1) is 6.05. The molecule has 1 fully saturated rings. The standard InChI is InChI=1S/C6H12O2/c1-5-3-7-4-6(2)8-5/h5-6H,3-4H2,1-2H3/t5-,6+. The van der Waals surface area contributed by atoms with E-state index in [4.69, 9.17) is 9.47 Å². The van der Waals surface area contributed by atoms with Gasteiger partial charge in [0.05, 0.1) is 25.4 Å². The van der Waals surface area contributed by atoms with Gasteiger partial charge in [0.2, 0.25) is 0 Å². The van der Waals surface area contributed by atoms with E-state index in [0.717, 1.165) is 13.2 Å². The molecular formula is C6H12O2. The minimum atomic E-state index is 0.291. The lowest BCUT2D eigenvalue weighted by Gasteiger charge is -2.24. The van der Waals surface area contributed by atoms with Crippen molar-refractivity contribution >= 4 is 0 Å². The van der Waals surface area contributed by atoms with E-state index < -0.39 is 0 Å². The number of hydrogen-bond acceptors (Lipinski definition) is 2. The molecule has 1 saturated heterocycles. The summed E-state index contributed by atoms with van der Waals surface area (Å²) in [5.74, 6) is 0. The molecule has 0 saturated carbocycles. The second kappa shape index (κ2) is 2.46. The molecule has 1 rings (SSSR count). The summed E-state index contributed by atoms with van der Waals surface area (Å²) in [5.41, 5.74) is 0. The van der Waals surface area contributed by atoms with Gasteiger partial charge in [0.25, 0.3) is 0 Å². The van der Waals surface area contributed by atoms with Crippen molar-refractivity contribution in [2.24, 2.45) is 0 Å². The highest BCUT2D eigenvalue weighted by molar-refractivity contribution is 4.59. The van der Waals surface area contributed by atoms with Crippen molar-refractivity contribution in [1.82, 2.24) is 0 Å². The van der Waals surface area contributed by atoms with Crippen LogP contribution in [0.4, 0.5) is 0 Å². The molecule has 1 aliphatic rings. The second-order valence-electron chi connectivity index (χ2n) is 2.29. The summed E-state index contributed by atoms with van der Waals surface area (Å²) in [4.78, 5) is 0. The van der Waals surface area contributed by atoms with Gasteiger partial charge in [-0.1, -0.05) is 0 Å². The highest BCUT2D eigenvalue weighted by atomic mass is 16.6. The van der Waals surface area contributed by atoms with Gasteiger partial charge in [-0.05, 0) is 13.8 Å². The Morgan fingerprint density at radius 2 is 1.62 bits per heavy atom. The molecule has 2 heteroatoms. The summed E-state index contributed by atoms with van der Waals surface area (Å²) < 4.78 is 10.5. The molecule has 2 atom stereocenters. The summed E-state index contributed by atoms with van der Waals surface area (Å²) in [6, 6.07) is 0. The summed E-state index contributed by atoms with van der Waals surface area (Å²) >= 11 is 0. The largest absolute Gasteiger partial charge is 0.376 e. The molecule has 8 heavy (non-hydrogen) atoms. The Morgan fingerprint density at radius 3 is 1.88 bits per heavy atom. The fraction of sp³-hybridized carbons (Fsp3) is 1.00. The monoisotopic (exact) mass is 116 g/mol. The molecule has 0 bridgehead atoms. The van der Waals surface area contributed by atoms with E-state index in [-0.39, 0.29) is 0 Å². The van der Waals surface area contributed by atoms with Crippen molar-refractivity contribution in [3.05, 3.63) is 0 Å². The second-order valence-corrected chi connectivity index (χ2v) is 2.29. The summed E-state index contributed by atoms with van der Waals surface area (Å²) in [6.45, 7) is 5.56. The van der Waals surface area contributed by atoms with Crippen molar-refractivity contribution in [1.29, 1.82) is 0 Å². The zero-order valence-electron chi connectivity index (χ0n) is 5.39. The molecule has 48 valence electrons. The van der Waals surface area contributed by atoms with Gasteiger partial charge in [0.15, 0.2) is 0 Å². The van der Waals surface area contributed by atoms with E-state index in [2.05, 4.69) is 0 Å². The van der Waals surface area contributed by atoms with Crippen molar-refractivity contribution in [2.75, 3.05) is 13.2 Å². The van der Waals surface area contributed by atoms with Crippen LogP contribution in [0.3, 0.4) is 0 Å². The van der Waals surface area contributed by atoms with Crippen LogP contribution in [-0.2, 0) is 9.47 Å². The van der Waals surface area contributed by atoms with E-state index >= 15 is 0 Å². The first-order valence-electron chi connectivity index (χ1n) is 3.02. The SMILES string of the molecule is C[C@@H]1COC[C@H](C)O1. The smallest absolute Gasteiger partial charge is 0.0785 e. The van der Waals surface area contributed by atoms with Crippen LogP contribution < -0.4 is 0 Å². The highest BCUT2D eigenvalue weighted by Gasteiger charge is 2.14. The Bertz CT molecular complexity index is 64.9. The quantitative estimate of drug-likeness (QED) is 0.466. The Labute approximate surface area is 49.8 Å². The van der Waals surface area contributed by atoms with Gasteiger partial charge < -0.3 is 9.47 Å². The molecule has 0 aromatic carbocycles. The fourth-order valence-corrected chi connectivity index (χ4v) is 0.875. The van der Waals surface area contributed by atoms with Crippen LogP contribution in [0.25, 0.3) is 0 Å². The predicted octanol–water partition coefficient (Wildman–Crippen LogP) is 0.810. The molecular weight excluding hydrogens is 104 g/mol. The van der Waals surface area contributed by atoms with Gasteiger partial charge in [-0.3, -0.25) is 0 Å². The van der Waals surface area contributed by atoms with Gasteiger partial charge in [-0.15, -0.1) is 0 Å². The van der Waals surface area contributed by atoms with E-state index in [9.17, 15) is 0 Å². The fourth-order valence-electron chi connectivity index (χ4n) is 0.875. The van der Waals surface area contributed by atoms with Crippen LogP contribution in [0.1, 0.15) is 13.8 Å². The lowest BCUT2D eigenvalue weighted by molar-refractivity contribution is -0.122. The third kappa shape index (κ3) is 1.46. The molecule has 1 aliphatic heterocycles. The van der Waals surface area contributed by atoms with Crippen LogP contribution in [-0.4, -0.2) is 25.4 Å². The van der Waals surface area contributed by atoms with Gasteiger partial charge >= 0.3 is 0 Å². The first-order chi connectivity index (χ1) is 3.79. The minimum absolute atomic E-state index is 0.291. The minimum Gasteiger partial charge on any atom is -0.376 e. The third-order valence-corrected chi connectivity index (χ3v) is 1.17. The molecule has 0 amide bonds. The van der Waals surface area contributed by atoms with Gasteiger partial charge in [-0.25, -0.2) is 0 Å². The molecule has 0 aromatic rings. The van der Waals surface area contributed by atoms with Crippen molar-refractivity contribution in [2.45, 2.75) is 26.1 Å². The van der Waals surface area contributed by atoms with Crippen molar-refractivity contribution in [3.63, 3.8) is 0 Å². The molecule has 2 nitrogen and oxygen atoms in total. The van der Waals surface area contributed by atoms with E-state index in [1.165, 1.54) is 0 Å². The Morgan fingerprint density at radius 1 is 1.12 bits per heavy atom. The van der Waals surface area contributed by atoms with E-state index in [0.29, 0.717) is 12.2 Å². The van der Waals surface area contributed by atoms with Gasteiger partial charge in [-0.2, -0.15) is 0 Å². The van der Waals surface area contributed by atoms with Crippen LogP contribution in [0.15, 0.2) is 0 Å². The number of hydrogen-bond donors (Lipinski definition) is 0. The topological polar surface area (TPSA) is 18.5 Å². The maximum absolute atomic E-state index is 5.36. The molecule has 0 N–H and O–H groups in total. The van der Waals surface area contributed by atoms with Gasteiger partial charge in [0.1, 0.15) is 0 Å². The Hall–Kier alpha value is -0.0800. The predicted molar refractivity (Wildman–Crippen MR) is 30.8 cm³/mol. The summed E-state index contributed by atoms with van der Waals surface area (Å²) in [6.07, 6.45) is 0.581. The average Bonchev–Trinajstić information content (AvgIpc) is 1.64.